The van der Waals surface area contributed by atoms with Crippen molar-refractivity contribution in [2.24, 2.45) is 0 Å². The van der Waals surface area contributed by atoms with Crippen molar-refractivity contribution in [1.82, 2.24) is 15.2 Å². The Morgan fingerprint density at radius 3 is 2.62 bits per heavy atom. The molecule has 0 atom stereocenters. The van der Waals surface area contributed by atoms with Gasteiger partial charge in [0.2, 0.25) is 5.16 Å². The number of aromatic amines is 1. The highest BCUT2D eigenvalue weighted by Crippen LogP contribution is 2.21. The largest absolute Gasteiger partial charge is 0.296 e. The number of rotatable bonds is 4. The number of halogens is 2. The molecule has 0 saturated heterocycles. The molecule has 1 heterocycles. The summed E-state index contributed by atoms with van der Waals surface area (Å²) in [6.07, 6.45) is -2.60. The van der Waals surface area contributed by atoms with Gasteiger partial charge in [-0.25, -0.2) is 13.8 Å². The Hall–Kier alpha value is -1.43. The lowest BCUT2D eigenvalue weighted by molar-refractivity contribution is 0.140. The lowest BCUT2D eigenvalue weighted by Gasteiger charge is -1.96. The Balaban J connectivity index is 1.95. The van der Waals surface area contributed by atoms with E-state index in [0.29, 0.717) is 10.9 Å². The van der Waals surface area contributed by atoms with E-state index in [0.717, 1.165) is 5.56 Å². The Kier molecular flexibility index (Phi) is 3.51. The van der Waals surface area contributed by atoms with Crippen molar-refractivity contribution in [2.75, 3.05) is 0 Å². The van der Waals surface area contributed by atoms with Crippen LogP contribution in [0.3, 0.4) is 0 Å². The predicted molar refractivity (Wildman–Crippen MR) is 57.3 cm³/mol. The highest BCUT2D eigenvalue weighted by Gasteiger charge is 2.12. The number of thioether (sulfide) groups is 1. The molecule has 0 aliphatic heterocycles. The molecule has 1 aromatic carbocycles. The molecule has 0 aliphatic rings. The van der Waals surface area contributed by atoms with E-state index in [1.807, 2.05) is 30.3 Å². The van der Waals surface area contributed by atoms with Crippen LogP contribution in [0.25, 0.3) is 0 Å². The summed E-state index contributed by atoms with van der Waals surface area (Å²) in [5.74, 6) is 0.289. The smallest absolute Gasteiger partial charge is 0.257 e. The van der Waals surface area contributed by atoms with Gasteiger partial charge in [-0.3, -0.25) is 5.10 Å². The second-order valence-electron chi connectivity index (χ2n) is 3.08. The molecule has 16 heavy (non-hydrogen) atoms. The van der Waals surface area contributed by atoms with Crippen molar-refractivity contribution < 1.29 is 8.78 Å². The summed E-state index contributed by atoms with van der Waals surface area (Å²) in [6.45, 7) is 0. The Morgan fingerprint density at radius 1 is 1.25 bits per heavy atom. The van der Waals surface area contributed by atoms with Gasteiger partial charge >= 0.3 is 0 Å². The molecule has 0 radical (unpaired) electrons. The van der Waals surface area contributed by atoms with E-state index < -0.39 is 6.43 Å². The van der Waals surface area contributed by atoms with Crippen LogP contribution in [0.15, 0.2) is 35.5 Å². The average molecular weight is 241 g/mol. The van der Waals surface area contributed by atoms with Gasteiger partial charge in [-0.1, -0.05) is 42.1 Å². The van der Waals surface area contributed by atoms with Crippen molar-refractivity contribution >= 4 is 11.8 Å². The minimum absolute atomic E-state index is 0.346. The number of hydrogen-bond donors (Lipinski definition) is 1. The van der Waals surface area contributed by atoms with Crippen LogP contribution in [0.1, 0.15) is 17.8 Å². The first kappa shape index (κ1) is 11.1. The van der Waals surface area contributed by atoms with Crippen molar-refractivity contribution in [3.8, 4) is 0 Å². The number of nitrogens with zero attached hydrogens (tertiary/aromatic N) is 2. The number of benzene rings is 1. The van der Waals surface area contributed by atoms with Crippen LogP contribution in [0, 0.1) is 0 Å². The molecule has 2 rings (SSSR count). The third-order valence-electron chi connectivity index (χ3n) is 1.90. The Morgan fingerprint density at radius 2 is 2.00 bits per heavy atom. The summed E-state index contributed by atoms with van der Waals surface area (Å²) >= 11 is 1.32. The van der Waals surface area contributed by atoms with Crippen molar-refractivity contribution in [3.63, 3.8) is 0 Å². The maximum atomic E-state index is 12.2. The van der Waals surface area contributed by atoms with Crippen LogP contribution in [0.4, 0.5) is 8.78 Å². The van der Waals surface area contributed by atoms with Crippen molar-refractivity contribution in [2.45, 2.75) is 17.3 Å². The van der Waals surface area contributed by atoms with Crippen molar-refractivity contribution in [1.29, 1.82) is 0 Å². The number of hydrogen-bond acceptors (Lipinski definition) is 3. The topological polar surface area (TPSA) is 41.6 Å². The van der Waals surface area contributed by atoms with Gasteiger partial charge in [-0.05, 0) is 5.56 Å². The van der Waals surface area contributed by atoms with Gasteiger partial charge in [0.15, 0.2) is 5.82 Å². The van der Waals surface area contributed by atoms with Crippen molar-refractivity contribution in [3.05, 3.63) is 41.7 Å². The van der Waals surface area contributed by atoms with Crippen LogP contribution in [-0.4, -0.2) is 15.2 Å². The van der Waals surface area contributed by atoms with E-state index in [1.54, 1.807) is 0 Å². The fraction of sp³-hybridized carbons (Fsp3) is 0.200. The molecule has 0 spiro atoms. The van der Waals surface area contributed by atoms with Crippen LogP contribution in [-0.2, 0) is 5.75 Å². The summed E-state index contributed by atoms with van der Waals surface area (Å²) in [5, 5.41) is 6.26. The minimum atomic E-state index is -2.60. The first-order valence-corrected chi connectivity index (χ1v) is 5.61. The fourth-order valence-electron chi connectivity index (χ4n) is 1.14. The molecule has 3 nitrogen and oxygen atoms in total. The number of aromatic nitrogens is 3. The first-order valence-electron chi connectivity index (χ1n) is 4.63. The maximum absolute atomic E-state index is 12.2. The molecule has 1 N–H and O–H groups in total. The summed E-state index contributed by atoms with van der Waals surface area (Å²) in [6, 6.07) is 9.72. The van der Waals surface area contributed by atoms with E-state index in [4.69, 9.17) is 0 Å². The highest BCUT2D eigenvalue weighted by atomic mass is 32.2. The normalized spacial score (nSPS) is 10.9. The summed E-state index contributed by atoms with van der Waals surface area (Å²) in [7, 11) is 0. The van der Waals surface area contributed by atoms with Gasteiger partial charge < -0.3 is 0 Å². The lowest BCUT2D eigenvalue weighted by atomic mass is 10.2. The van der Waals surface area contributed by atoms with Gasteiger partial charge in [0.1, 0.15) is 0 Å². The predicted octanol–water partition coefficient (Wildman–Crippen LogP) is 3.03. The summed E-state index contributed by atoms with van der Waals surface area (Å²) in [5.41, 5.74) is 1.11. The molecule has 1 aromatic heterocycles. The van der Waals surface area contributed by atoms with Gasteiger partial charge in [-0.15, -0.1) is 5.10 Å². The van der Waals surface area contributed by atoms with Gasteiger partial charge in [-0.2, -0.15) is 0 Å². The molecule has 84 valence electrons. The lowest BCUT2D eigenvalue weighted by Crippen LogP contribution is -1.86. The van der Waals surface area contributed by atoms with E-state index in [2.05, 4.69) is 15.2 Å². The molecule has 2 aromatic rings. The number of H-pyrrole nitrogens is 1. The molecule has 0 unspecified atom stereocenters. The van der Waals surface area contributed by atoms with Gasteiger partial charge in [0.25, 0.3) is 6.43 Å². The number of nitrogens with one attached hydrogen (secondary N) is 1. The van der Waals surface area contributed by atoms with E-state index in [1.165, 1.54) is 11.8 Å². The summed E-state index contributed by atoms with van der Waals surface area (Å²) in [4.78, 5) is 3.67. The van der Waals surface area contributed by atoms with Gasteiger partial charge in [0.05, 0.1) is 0 Å². The monoisotopic (exact) mass is 241 g/mol. The number of alkyl halides is 2. The first-order chi connectivity index (χ1) is 7.75. The zero-order valence-corrected chi connectivity index (χ0v) is 9.05. The van der Waals surface area contributed by atoms with E-state index in [9.17, 15) is 8.78 Å². The second kappa shape index (κ2) is 5.07. The SMILES string of the molecule is FC(F)c1nc(SCc2ccccc2)n[nH]1. The third-order valence-corrected chi connectivity index (χ3v) is 2.82. The highest BCUT2D eigenvalue weighted by molar-refractivity contribution is 7.98. The van der Waals surface area contributed by atoms with Crippen LogP contribution in [0.2, 0.25) is 0 Å². The minimum Gasteiger partial charge on any atom is -0.257 e. The average Bonchev–Trinajstić information content (AvgIpc) is 2.76. The zero-order chi connectivity index (χ0) is 11.4. The molecular formula is C10H9F2N3S. The molecule has 0 saturated carbocycles. The fourth-order valence-corrected chi connectivity index (χ4v) is 1.90. The molecule has 0 aliphatic carbocycles. The van der Waals surface area contributed by atoms with Gasteiger partial charge in [0, 0.05) is 5.75 Å². The van der Waals surface area contributed by atoms with Crippen LogP contribution < -0.4 is 0 Å². The van der Waals surface area contributed by atoms with E-state index >= 15 is 0 Å². The second-order valence-corrected chi connectivity index (χ2v) is 4.02. The maximum Gasteiger partial charge on any atom is 0.296 e. The summed E-state index contributed by atoms with van der Waals surface area (Å²) < 4.78 is 24.4. The van der Waals surface area contributed by atoms with Crippen LogP contribution >= 0.6 is 11.8 Å². The molecule has 0 fully saturated rings. The third kappa shape index (κ3) is 2.79. The van der Waals surface area contributed by atoms with Crippen LogP contribution in [0.5, 0.6) is 0 Å². The Labute approximate surface area is 95.3 Å². The molecule has 6 heteroatoms. The molecule has 0 amide bonds. The van der Waals surface area contributed by atoms with E-state index in [-0.39, 0.29) is 5.82 Å². The Bertz CT molecular complexity index is 444. The molecule has 0 bridgehead atoms. The quantitative estimate of drug-likeness (QED) is 0.836. The molecular weight excluding hydrogens is 232 g/mol. The standard InChI is InChI=1S/C10H9F2N3S/c11-8(12)9-13-10(15-14-9)16-6-7-4-2-1-3-5-7/h1-5,8H,6H2,(H,13,14,15). The zero-order valence-electron chi connectivity index (χ0n) is 8.23.